The van der Waals surface area contributed by atoms with E-state index < -0.39 is 0 Å². The van der Waals surface area contributed by atoms with Crippen molar-refractivity contribution in [2.45, 2.75) is 13.3 Å². The Balaban J connectivity index is 1.94. The maximum absolute atomic E-state index is 12.3. The lowest BCUT2D eigenvalue weighted by Crippen LogP contribution is -2.32. The fraction of sp³-hybridized carbons (Fsp3) is 0.211. The zero-order chi connectivity index (χ0) is 16.7. The van der Waals surface area contributed by atoms with Crippen molar-refractivity contribution in [3.05, 3.63) is 53.9 Å². The Kier molecular flexibility index (Phi) is 3.41. The van der Waals surface area contributed by atoms with Gasteiger partial charge in [0.1, 0.15) is 17.4 Å². The molecule has 120 valence electrons. The molecule has 0 fully saturated rings. The van der Waals surface area contributed by atoms with E-state index in [1.165, 1.54) is 0 Å². The van der Waals surface area contributed by atoms with Gasteiger partial charge < -0.3 is 9.64 Å². The summed E-state index contributed by atoms with van der Waals surface area (Å²) in [6.45, 7) is 2.19. The molecule has 1 aliphatic heterocycles. The maximum Gasteiger partial charge on any atom is 0.157 e. The monoisotopic (exact) mass is 318 g/mol. The average molecular weight is 318 g/mol. The van der Waals surface area contributed by atoms with Crippen LogP contribution in [0.15, 0.2) is 42.5 Å². The normalized spacial score (nSPS) is 13.9. The SMILES string of the molecule is Cc1nc(N2CC(=O)Cc3cc(O[11CH3])ccc32)c2ccccc2n1. The maximum atomic E-state index is 12.3. The van der Waals surface area contributed by atoms with Crippen LogP contribution < -0.4 is 9.64 Å². The summed E-state index contributed by atoms with van der Waals surface area (Å²) in [6.07, 6.45) is 0.422. The standard InChI is InChI=1S/C19H17N3O2/c1-12-20-17-6-4-3-5-16(17)19(21-12)22-11-14(23)9-13-10-15(24-2)7-8-18(13)22/h3-8,10H,9,11H2,1-2H3/i2-1. The summed E-state index contributed by atoms with van der Waals surface area (Å²) in [4.78, 5) is 23.4. The van der Waals surface area contributed by atoms with Gasteiger partial charge in [0.2, 0.25) is 0 Å². The van der Waals surface area contributed by atoms with Crippen molar-refractivity contribution in [3.8, 4) is 5.75 Å². The molecular weight excluding hydrogens is 301 g/mol. The van der Waals surface area contributed by atoms with Gasteiger partial charge in [-0.2, -0.15) is 0 Å². The van der Waals surface area contributed by atoms with Crippen LogP contribution in [-0.2, 0) is 11.2 Å². The summed E-state index contributed by atoms with van der Waals surface area (Å²) >= 11 is 0. The van der Waals surface area contributed by atoms with Crippen LogP contribution in [0.1, 0.15) is 11.4 Å². The molecule has 0 saturated heterocycles. The van der Waals surface area contributed by atoms with Crippen molar-refractivity contribution in [2.75, 3.05) is 18.6 Å². The predicted molar refractivity (Wildman–Crippen MR) is 93.0 cm³/mol. The minimum atomic E-state index is 0.163. The van der Waals surface area contributed by atoms with Crippen LogP contribution in [0, 0.1) is 6.92 Å². The average Bonchev–Trinajstić information content (AvgIpc) is 2.59. The van der Waals surface area contributed by atoms with Crippen LogP contribution in [0.25, 0.3) is 10.9 Å². The van der Waals surface area contributed by atoms with Crippen molar-refractivity contribution in [2.24, 2.45) is 0 Å². The van der Waals surface area contributed by atoms with E-state index in [1.807, 2.05) is 54.3 Å². The molecule has 5 nitrogen and oxygen atoms in total. The van der Waals surface area contributed by atoms with Gasteiger partial charge in [-0.1, -0.05) is 12.1 Å². The zero-order valence-corrected chi connectivity index (χ0v) is 13.6. The van der Waals surface area contributed by atoms with Gasteiger partial charge >= 0.3 is 0 Å². The highest BCUT2D eigenvalue weighted by Crippen LogP contribution is 2.36. The lowest BCUT2D eigenvalue weighted by molar-refractivity contribution is -0.117. The molecule has 4 rings (SSSR count). The number of anilines is 2. The minimum absolute atomic E-state index is 0.163. The van der Waals surface area contributed by atoms with Gasteiger partial charge in [-0.25, -0.2) is 9.97 Å². The first-order valence-corrected chi connectivity index (χ1v) is 7.85. The van der Waals surface area contributed by atoms with E-state index in [-0.39, 0.29) is 5.78 Å². The molecule has 0 atom stereocenters. The van der Waals surface area contributed by atoms with E-state index in [4.69, 9.17) is 4.74 Å². The van der Waals surface area contributed by atoms with E-state index in [0.29, 0.717) is 18.8 Å². The second-order valence-electron chi connectivity index (χ2n) is 5.91. The Morgan fingerprint density at radius 1 is 1.12 bits per heavy atom. The summed E-state index contributed by atoms with van der Waals surface area (Å²) in [5.41, 5.74) is 2.85. The number of ether oxygens (including phenoxy) is 1. The third-order valence-corrected chi connectivity index (χ3v) is 4.25. The van der Waals surface area contributed by atoms with E-state index in [9.17, 15) is 4.79 Å². The number of nitrogens with zero attached hydrogens (tertiary/aromatic N) is 3. The molecule has 0 spiro atoms. The van der Waals surface area contributed by atoms with E-state index in [0.717, 1.165) is 33.7 Å². The van der Waals surface area contributed by atoms with Crippen LogP contribution in [0.5, 0.6) is 5.75 Å². The topological polar surface area (TPSA) is 55.3 Å². The van der Waals surface area contributed by atoms with Gasteiger partial charge in [0.15, 0.2) is 5.78 Å². The van der Waals surface area contributed by atoms with Gasteiger partial charge in [-0.05, 0) is 42.8 Å². The molecule has 0 amide bonds. The number of methoxy groups -OCH3 is 1. The van der Waals surface area contributed by atoms with Crippen molar-refractivity contribution < 1.29 is 9.53 Å². The number of carbonyl (C=O) groups is 1. The molecular formula is C19H17N3O2. The first-order chi connectivity index (χ1) is 11.7. The summed E-state index contributed by atoms with van der Waals surface area (Å²) in [5, 5.41) is 0.944. The molecule has 2 aromatic carbocycles. The molecule has 3 aromatic rings. The number of Topliss-reactive ketones (excluding diaryl/α,β-unsaturated/α-hetero) is 1. The smallest absolute Gasteiger partial charge is 0.157 e. The Morgan fingerprint density at radius 2 is 1.96 bits per heavy atom. The quantitative estimate of drug-likeness (QED) is 0.726. The summed E-state index contributed by atoms with van der Waals surface area (Å²) in [6, 6.07) is 13.7. The predicted octanol–water partition coefficient (Wildman–Crippen LogP) is 3.21. The van der Waals surface area contributed by atoms with Crippen molar-refractivity contribution in [1.82, 2.24) is 9.97 Å². The summed E-state index contributed by atoms with van der Waals surface area (Å²) in [5.74, 6) is 2.39. The largest absolute Gasteiger partial charge is 0.497 e. The number of para-hydroxylation sites is 1. The van der Waals surface area contributed by atoms with Crippen LogP contribution in [-0.4, -0.2) is 29.4 Å². The van der Waals surface area contributed by atoms with Crippen molar-refractivity contribution >= 4 is 28.2 Å². The van der Waals surface area contributed by atoms with Crippen LogP contribution in [0.3, 0.4) is 0 Å². The second-order valence-corrected chi connectivity index (χ2v) is 5.91. The highest BCUT2D eigenvalue weighted by Gasteiger charge is 2.26. The molecule has 0 saturated carbocycles. The summed E-state index contributed by atoms with van der Waals surface area (Å²) < 4.78 is 5.29. The number of aromatic nitrogens is 2. The molecule has 0 aliphatic carbocycles. The number of aryl methyl sites for hydroxylation is 1. The van der Waals surface area contributed by atoms with Crippen LogP contribution in [0.4, 0.5) is 11.5 Å². The van der Waals surface area contributed by atoms with Gasteiger partial charge in [0.25, 0.3) is 0 Å². The van der Waals surface area contributed by atoms with Crippen molar-refractivity contribution in [1.29, 1.82) is 0 Å². The number of rotatable bonds is 2. The molecule has 24 heavy (non-hydrogen) atoms. The van der Waals surface area contributed by atoms with Crippen LogP contribution >= 0.6 is 0 Å². The number of fused-ring (bicyclic) bond motifs is 2. The fourth-order valence-electron chi connectivity index (χ4n) is 3.19. The molecule has 0 N–H and O–H groups in total. The molecule has 1 aromatic heterocycles. The third-order valence-electron chi connectivity index (χ3n) is 4.25. The fourth-order valence-corrected chi connectivity index (χ4v) is 3.19. The van der Waals surface area contributed by atoms with E-state index in [2.05, 4.69) is 9.97 Å². The summed E-state index contributed by atoms with van der Waals surface area (Å²) in [7, 11) is 1.63. The lowest BCUT2D eigenvalue weighted by Gasteiger charge is -2.30. The van der Waals surface area contributed by atoms with Gasteiger partial charge in [-0.3, -0.25) is 4.79 Å². The zero-order valence-electron chi connectivity index (χ0n) is 13.6. The number of ketones is 1. The number of hydrogen-bond donors (Lipinski definition) is 0. The Hall–Kier alpha value is -2.95. The molecule has 5 heteroatoms. The lowest BCUT2D eigenvalue weighted by atomic mass is 10.00. The van der Waals surface area contributed by atoms with Gasteiger partial charge in [0, 0.05) is 17.5 Å². The Labute approximate surface area is 139 Å². The highest BCUT2D eigenvalue weighted by atomic mass is 16.4. The van der Waals surface area contributed by atoms with E-state index >= 15 is 0 Å². The molecule has 0 unspecified atom stereocenters. The first-order valence-electron chi connectivity index (χ1n) is 7.85. The number of benzene rings is 2. The highest BCUT2D eigenvalue weighted by molar-refractivity contribution is 5.98. The molecule has 2 heterocycles. The Morgan fingerprint density at radius 3 is 2.79 bits per heavy atom. The number of hydrogen-bond acceptors (Lipinski definition) is 5. The minimum Gasteiger partial charge on any atom is -0.497 e. The first kappa shape index (κ1) is 14.6. The Bertz CT molecular complexity index is 952. The third kappa shape index (κ3) is 2.38. The molecule has 0 radical (unpaired) electrons. The van der Waals surface area contributed by atoms with Crippen LogP contribution in [0.2, 0.25) is 0 Å². The van der Waals surface area contributed by atoms with Gasteiger partial charge in [-0.15, -0.1) is 0 Å². The number of carbonyl (C=O) groups excluding carboxylic acids is 1. The van der Waals surface area contributed by atoms with Gasteiger partial charge in [0.05, 0.1) is 19.2 Å². The van der Waals surface area contributed by atoms with E-state index in [1.54, 1.807) is 7.11 Å². The second kappa shape index (κ2) is 5.60. The van der Waals surface area contributed by atoms with Crippen molar-refractivity contribution in [3.63, 3.8) is 0 Å². The molecule has 1 aliphatic rings. The molecule has 0 bridgehead atoms.